The minimum Gasteiger partial charge on any atom is -0.481 e. The van der Waals surface area contributed by atoms with Gasteiger partial charge in [-0.1, -0.05) is 290 Å². The molecule has 0 heterocycles. The Hall–Kier alpha value is -1.24. The number of hydrogen-bond donors (Lipinski definition) is 3. The molecule has 0 rings (SSSR count). The highest BCUT2D eigenvalue weighted by atomic mass is 32.1. The molecule has 0 aliphatic heterocycles. The molecule has 0 aromatic heterocycles. The first-order valence-corrected chi connectivity index (χ1v) is 27.0. The molecule has 0 spiro atoms. The Morgan fingerprint density at radius 1 is 0.213 bits per heavy atom. The molecule has 7 heteroatoms. The van der Waals surface area contributed by atoms with Gasteiger partial charge in [-0.15, -0.1) is 0 Å². The van der Waals surface area contributed by atoms with Gasteiger partial charge in [0.1, 0.15) is 0 Å². The van der Waals surface area contributed by atoms with Crippen molar-refractivity contribution < 1.29 is 29.7 Å². The van der Waals surface area contributed by atoms with E-state index in [1.807, 2.05) is 0 Å². The number of carboxylic acids is 3. The van der Waals surface area contributed by atoms with Gasteiger partial charge in [-0.3, -0.25) is 14.4 Å². The maximum atomic E-state index is 10.3. The summed E-state index contributed by atoms with van der Waals surface area (Å²) in [5, 5.41) is 25.6. The van der Waals surface area contributed by atoms with E-state index in [9.17, 15) is 14.4 Å². The third kappa shape index (κ3) is 76.5. The summed E-state index contributed by atoms with van der Waals surface area (Å²) in [6.07, 6.45) is 60.6. The summed E-state index contributed by atoms with van der Waals surface area (Å²) >= 11 is 0. The fourth-order valence-corrected chi connectivity index (χ4v) is 7.94. The molecule has 0 bridgehead atoms. The van der Waals surface area contributed by atoms with Gasteiger partial charge in [-0.2, -0.15) is 13.5 Å². The van der Waals surface area contributed by atoms with Crippen molar-refractivity contribution in [2.45, 2.75) is 329 Å². The highest BCUT2D eigenvalue weighted by Gasteiger charge is 2.00. The molecule has 368 valence electrons. The predicted molar refractivity (Wildman–Crippen MR) is 272 cm³/mol. The molecule has 0 unspecified atom stereocenters. The second-order valence-electron chi connectivity index (χ2n) is 18.3. The summed E-state index contributed by atoms with van der Waals surface area (Å²) < 4.78 is 0. The molecule has 0 atom stereocenters. The Morgan fingerprint density at radius 2 is 0.311 bits per heavy atom. The molecule has 0 aliphatic carbocycles. The highest BCUT2D eigenvalue weighted by Crippen LogP contribution is 2.16. The Bertz CT molecular complexity index is 717. The van der Waals surface area contributed by atoms with Gasteiger partial charge in [-0.05, 0) is 19.3 Å². The normalized spacial score (nSPS) is 10.7. The van der Waals surface area contributed by atoms with Gasteiger partial charge in [0.2, 0.25) is 0 Å². The molecule has 0 fully saturated rings. The van der Waals surface area contributed by atoms with E-state index in [4.69, 9.17) is 15.3 Å². The molecule has 0 amide bonds. The zero-order chi connectivity index (χ0) is 44.7. The van der Waals surface area contributed by atoms with E-state index in [2.05, 4.69) is 20.8 Å². The van der Waals surface area contributed by atoms with Crippen molar-refractivity contribution in [3.05, 3.63) is 0 Å². The van der Waals surface area contributed by atoms with Crippen molar-refractivity contribution in [2.75, 3.05) is 0 Å². The van der Waals surface area contributed by atoms with Crippen LogP contribution in [0.5, 0.6) is 0 Å². The average molecular weight is 888 g/mol. The van der Waals surface area contributed by atoms with Crippen LogP contribution in [0.2, 0.25) is 0 Å². The second-order valence-corrected chi connectivity index (χ2v) is 18.3. The molecule has 0 aliphatic rings. The lowest BCUT2D eigenvalue weighted by atomic mass is 10.0. The van der Waals surface area contributed by atoms with Crippen LogP contribution in [0.4, 0.5) is 0 Å². The summed E-state index contributed by atoms with van der Waals surface area (Å²) in [5.41, 5.74) is 0. The Kier molecular flexibility index (Phi) is 68.6. The predicted octanol–water partition coefficient (Wildman–Crippen LogP) is 19.1. The van der Waals surface area contributed by atoms with Crippen LogP contribution in [0, 0.1) is 0 Å². The van der Waals surface area contributed by atoms with Crippen LogP contribution in [0.3, 0.4) is 0 Å². The quantitative estimate of drug-likeness (QED) is 0.0525. The molecule has 0 aromatic rings. The van der Waals surface area contributed by atoms with Crippen LogP contribution in [0.25, 0.3) is 0 Å². The third-order valence-corrected chi connectivity index (χ3v) is 12.0. The lowest BCUT2D eigenvalue weighted by Crippen LogP contribution is -1.93. The average Bonchev–Trinajstić information content (AvgIpc) is 3.22. The van der Waals surface area contributed by atoms with Crippen LogP contribution in [-0.2, 0) is 14.4 Å². The van der Waals surface area contributed by atoms with Crippen LogP contribution >= 0.6 is 13.5 Å². The maximum Gasteiger partial charge on any atom is 0.303 e. The van der Waals surface area contributed by atoms with E-state index in [0.717, 1.165) is 38.5 Å². The number of rotatable bonds is 48. The minimum atomic E-state index is -0.653. The Morgan fingerprint density at radius 3 is 0.410 bits per heavy atom. The first kappa shape index (κ1) is 66.4. The third-order valence-electron chi connectivity index (χ3n) is 12.0. The smallest absolute Gasteiger partial charge is 0.303 e. The molecule has 61 heavy (non-hydrogen) atoms. The van der Waals surface area contributed by atoms with Crippen LogP contribution in [0.15, 0.2) is 0 Å². The summed E-state index contributed by atoms with van der Waals surface area (Å²) in [6, 6.07) is 0. The standard InChI is InChI=1S/3C18H36O2.H2S/c3*1-2-3-4-5-6-7-8-9-10-11-12-13-14-15-16-17-18(19)20;/h3*2-17H2,1H3,(H,19,20);1H2. The van der Waals surface area contributed by atoms with Gasteiger partial charge < -0.3 is 15.3 Å². The van der Waals surface area contributed by atoms with E-state index in [1.54, 1.807) is 0 Å². The van der Waals surface area contributed by atoms with Crippen molar-refractivity contribution in [1.29, 1.82) is 0 Å². The van der Waals surface area contributed by atoms with Crippen molar-refractivity contribution in [1.82, 2.24) is 0 Å². The molecule has 6 nitrogen and oxygen atoms in total. The monoisotopic (exact) mass is 887 g/mol. The number of aliphatic carboxylic acids is 3. The number of carboxylic acid groups (broad SMARTS) is 3. The molecule has 3 N–H and O–H groups in total. The zero-order valence-electron chi connectivity index (χ0n) is 41.5. The van der Waals surface area contributed by atoms with Crippen LogP contribution < -0.4 is 0 Å². The summed E-state index contributed by atoms with van der Waals surface area (Å²) in [5.74, 6) is -1.96. The summed E-state index contributed by atoms with van der Waals surface area (Å²) in [7, 11) is 0. The van der Waals surface area contributed by atoms with Crippen molar-refractivity contribution in [3.63, 3.8) is 0 Å². The molecular formula is C54H110O6S. The fourth-order valence-electron chi connectivity index (χ4n) is 7.94. The molecule has 0 saturated carbocycles. The van der Waals surface area contributed by atoms with Gasteiger partial charge in [0, 0.05) is 19.3 Å². The number of hydrogen-bond acceptors (Lipinski definition) is 3. The second kappa shape index (κ2) is 63.1. The van der Waals surface area contributed by atoms with Gasteiger partial charge in [0.25, 0.3) is 0 Å². The molecule has 0 saturated heterocycles. The summed E-state index contributed by atoms with van der Waals surface area (Å²) in [6.45, 7) is 6.81. The van der Waals surface area contributed by atoms with Crippen molar-refractivity contribution >= 4 is 31.4 Å². The number of carbonyl (C=O) groups is 3. The molecule has 0 radical (unpaired) electrons. The van der Waals surface area contributed by atoms with E-state index in [0.29, 0.717) is 19.3 Å². The van der Waals surface area contributed by atoms with Crippen molar-refractivity contribution in [3.8, 4) is 0 Å². The van der Waals surface area contributed by atoms with Crippen molar-refractivity contribution in [2.24, 2.45) is 0 Å². The first-order valence-electron chi connectivity index (χ1n) is 27.0. The molecule has 0 aromatic carbocycles. The van der Waals surface area contributed by atoms with Gasteiger partial charge in [0.05, 0.1) is 0 Å². The maximum absolute atomic E-state index is 10.3. The largest absolute Gasteiger partial charge is 0.481 e. The lowest BCUT2D eigenvalue weighted by molar-refractivity contribution is -0.138. The van der Waals surface area contributed by atoms with Gasteiger partial charge in [-0.25, -0.2) is 0 Å². The number of unbranched alkanes of at least 4 members (excludes halogenated alkanes) is 42. The van der Waals surface area contributed by atoms with E-state index in [1.165, 1.54) is 250 Å². The highest BCUT2D eigenvalue weighted by molar-refractivity contribution is 7.59. The zero-order valence-corrected chi connectivity index (χ0v) is 42.5. The summed E-state index contributed by atoms with van der Waals surface area (Å²) in [4.78, 5) is 31.0. The Labute approximate surface area is 388 Å². The van der Waals surface area contributed by atoms with Crippen LogP contribution in [0.1, 0.15) is 329 Å². The Balaban J connectivity index is -0.000000396. The van der Waals surface area contributed by atoms with Gasteiger partial charge in [0.15, 0.2) is 0 Å². The van der Waals surface area contributed by atoms with Gasteiger partial charge >= 0.3 is 17.9 Å². The lowest BCUT2D eigenvalue weighted by Gasteiger charge is -2.03. The van der Waals surface area contributed by atoms with E-state index in [-0.39, 0.29) is 13.5 Å². The first-order chi connectivity index (χ1) is 29.3. The van der Waals surface area contributed by atoms with E-state index < -0.39 is 17.9 Å². The van der Waals surface area contributed by atoms with Crippen LogP contribution in [-0.4, -0.2) is 33.2 Å². The minimum absolute atomic E-state index is 0. The fraction of sp³-hybridized carbons (Fsp3) is 0.944. The molecular weight excluding hydrogens is 777 g/mol. The SMILES string of the molecule is CCCCCCCCCCCCCCCCCC(=O)O.CCCCCCCCCCCCCCCCCC(=O)O.CCCCCCCCCCCCCCCCCC(=O)O.S. The topological polar surface area (TPSA) is 112 Å². The van der Waals surface area contributed by atoms with E-state index >= 15 is 0 Å².